The maximum atomic E-state index is 13.5. The van der Waals surface area contributed by atoms with Gasteiger partial charge < -0.3 is 15.6 Å². The highest BCUT2D eigenvalue weighted by Crippen LogP contribution is 2.21. The number of nitrogen functional groups attached to an aromatic ring is 1. The minimum absolute atomic E-state index is 0.00368. The molecular formula is C26H28N6O2S. The zero-order valence-electron chi connectivity index (χ0n) is 19.4. The van der Waals surface area contributed by atoms with E-state index in [1.165, 1.54) is 11.3 Å². The van der Waals surface area contributed by atoms with Gasteiger partial charge in [0, 0.05) is 67.5 Å². The number of nitrogens with one attached hydrogen (secondary N) is 1. The van der Waals surface area contributed by atoms with Crippen molar-refractivity contribution in [2.75, 3.05) is 49.9 Å². The lowest BCUT2D eigenvalue weighted by atomic mass is 10.1. The van der Waals surface area contributed by atoms with Crippen LogP contribution in [0.25, 0.3) is 10.9 Å². The van der Waals surface area contributed by atoms with E-state index in [2.05, 4.69) is 14.9 Å². The number of amides is 2. The van der Waals surface area contributed by atoms with Gasteiger partial charge in [-0.05, 0) is 35.7 Å². The lowest BCUT2D eigenvalue weighted by Crippen LogP contribution is -2.52. The van der Waals surface area contributed by atoms with Crippen LogP contribution in [0.15, 0.2) is 66.2 Å². The molecule has 5 rings (SSSR count). The number of carbonyl (C=O) groups is 2. The highest BCUT2D eigenvalue weighted by molar-refractivity contribution is 7.13. The molecule has 0 bridgehead atoms. The first-order valence-corrected chi connectivity index (χ1v) is 12.6. The van der Waals surface area contributed by atoms with Gasteiger partial charge in [0.15, 0.2) is 5.13 Å². The third-order valence-corrected chi connectivity index (χ3v) is 7.11. The van der Waals surface area contributed by atoms with Crippen molar-refractivity contribution in [3.63, 3.8) is 0 Å². The Morgan fingerprint density at radius 2 is 1.86 bits per heavy atom. The number of piperazine rings is 1. The monoisotopic (exact) mass is 488 g/mol. The second-order valence-electron chi connectivity index (χ2n) is 8.66. The zero-order valence-corrected chi connectivity index (χ0v) is 20.2. The Morgan fingerprint density at radius 1 is 1.06 bits per heavy atom. The van der Waals surface area contributed by atoms with Crippen LogP contribution in [0.3, 0.4) is 0 Å². The van der Waals surface area contributed by atoms with Gasteiger partial charge in [0.25, 0.3) is 5.91 Å². The van der Waals surface area contributed by atoms with E-state index in [0.29, 0.717) is 29.5 Å². The Bertz CT molecular complexity index is 1310. The number of nitrogens with zero attached hydrogens (tertiary/aromatic N) is 4. The van der Waals surface area contributed by atoms with Crippen molar-refractivity contribution in [3.8, 4) is 0 Å². The van der Waals surface area contributed by atoms with E-state index in [1.807, 2.05) is 71.1 Å². The molecule has 35 heavy (non-hydrogen) atoms. The first-order chi connectivity index (χ1) is 17.1. The van der Waals surface area contributed by atoms with Crippen molar-refractivity contribution < 1.29 is 9.59 Å². The smallest absolute Gasteiger partial charge is 0.258 e. The number of para-hydroxylation sites is 1. The van der Waals surface area contributed by atoms with Crippen LogP contribution in [-0.2, 0) is 11.2 Å². The van der Waals surface area contributed by atoms with E-state index >= 15 is 0 Å². The Labute approximate surface area is 208 Å². The molecule has 9 heteroatoms. The number of fused-ring (bicyclic) bond motifs is 1. The average Bonchev–Trinajstić information content (AvgIpc) is 3.54. The summed E-state index contributed by atoms with van der Waals surface area (Å²) >= 11 is 1.46. The van der Waals surface area contributed by atoms with Crippen molar-refractivity contribution >= 4 is 44.9 Å². The second-order valence-corrected chi connectivity index (χ2v) is 9.55. The van der Waals surface area contributed by atoms with Crippen LogP contribution in [0.2, 0.25) is 0 Å². The Kier molecular flexibility index (Phi) is 6.78. The largest absolute Gasteiger partial charge is 0.375 e. The van der Waals surface area contributed by atoms with Gasteiger partial charge in [-0.1, -0.05) is 24.3 Å². The van der Waals surface area contributed by atoms with Gasteiger partial charge in [0.05, 0.1) is 5.69 Å². The van der Waals surface area contributed by atoms with Gasteiger partial charge in [-0.15, -0.1) is 11.3 Å². The van der Waals surface area contributed by atoms with E-state index in [1.54, 1.807) is 4.90 Å². The Hall–Kier alpha value is -3.69. The van der Waals surface area contributed by atoms with Crippen molar-refractivity contribution in [2.45, 2.75) is 6.42 Å². The summed E-state index contributed by atoms with van der Waals surface area (Å²) in [4.78, 5) is 40.0. The molecule has 2 aromatic heterocycles. The topological polar surface area (TPSA) is 98.6 Å². The SMILES string of the molecule is Nc1nc(CCN2CCN(C(=O)CN(C(=O)c3ccc4cc[nH]c4c3)c3ccccc3)CC2)cs1. The molecule has 2 aromatic carbocycles. The van der Waals surface area contributed by atoms with E-state index in [0.717, 1.165) is 42.7 Å². The summed E-state index contributed by atoms with van der Waals surface area (Å²) in [5.74, 6) is -0.239. The third-order valence-electron chi connectivity index (χ3n) is 6.39. The summed E-state index contributed by atoms with van der Waals surface area (Å²) in [6.07, 6.45) is 2.70. The number of aromatic amines is 1. The number of nitrogens with two attached hydrogens (primary N) is 1. The van der Waals surface area contributed by atoms with Crippen LogP contribution in [0.5, 0.6) is 0 Å². The highest BCUT2D eigenvalue weighted by atomic mass is 32.1. The molecular weight excluding hydrogens is 460 g/mol. The fraction of sp³-hybridized carbons (Fsp3) is 0.269. The maximum Gasteiger partial charge on any atom is 0.258 e. The zero-order chi connectivity index (χ0) is 24.2. The van der Waals surface area contributed by atoms with E-state index in [4.69, 9.17) is 5.73 Å². The van der Waals surface area contributed by atoms with Gasteiger partial charge in [-0.2, -0.15) is 0 Å². The van der Waals surface area contributed by atoms with Gasteiger partial charge in [0.2, 0.25) is 5.91 Å². The van der Waals surface area contributed by atoms with Gasteiger partial charge in [-0.25, -0.2) is 4.98 Å². The summed E-state index contributed by atoms with van der Waals surface area (Å²) < 4.78 is 0. The highest BCUT2D eigenvalue weighted by Gasteiger charge is 2.26. The van der Waals surface area contributed by atoms with Crippen LogP contribution >= 0.6 is 11.3 Å². The first kappa shape index (κ1) is 23.1. The molecule has 0 radical (unpaired) electrons. The second kappa shape index (κ2) is 10.3. The number of carbonyl (C=O) groups excluding carboxylic acids is 2. The van der Waals surface area contributed by atoms with E-state index in [-0.39, 0.29) is 18.4 Å². The fourth-order valence-corrected chi connectivity index (χ4v) is 4.99. The summed E-state index contributed by atoms with van der Waals surface area (Å²) in [5.41, 5.74) is 8.88. The van der Waals surface area contributed by atoms with Crippen molar-refractivity contribution in [1.29, 1.82) is 0 Å². The minimum Gasteiger partial charge on any atom is -0.375 e. The Morgan fingerprint density at radius 3 is 2.60 bits per heavy atom. The molecule has 1 saturated heterocycles. The van der Waals surface area contributed by atoms with Crippen molar-refractivity contribution in [1.82, 2.24) is 19.8 Å². The lowest BCUT2D eigenvalue weighted by Gasteiger charge is -2.35. The van der Waals surface area contributed by atoms with Gasteiger partial charge >= 0.3 is 0 Å². The van der Waals surface area contributed by atoms with Crippen LogP contribution in [0, 0.1) is 0 Å². The number of H-pyrrole nitrogens is 1. The number of thiazole rings is 1. The van der Waals surface area contributed by atoms with Crippen LogP contribution in [-0.4, -0.2) is 70.9 Å². The van der Waals surface area contributed by atoms with Gasteiger partial charge in [-0.3, -0.25) is 19.4 Å². The lowest BCUT2D eigenvalue weighted by molar-refractivity contribution is -0.131. The number of aromatic nitrogens is 2. The molecule has 1 aliphatic rings. The molecule has 180 valence electrons. The number of hydrogen-bond donors (Lipinski definition) is 2. The number of anilines is 2. The minimum atomic E-state index is -0.192. The number of hydrogen-bond acceptors (Lipinski definition) is 6. The first-order valence-electron chi connectivity index (χ1n) is 11.7. The van der Waals surface area contributed by atoms with Crippen LogP contribution in [0.4, 0.5) is 10.8 Å². The quantitative estimate of drug-likeness (QED) is 0.416. The normalized spacial score (nSPS) is 14.3. The summed E-state index contributed by atoms with van der Waals surface area (Å²) in [5, 5.41) is 3.64. The molecule has 1 fully saturated rings. The maximum absolute atomic E-state index is 13.5. The average molecular weight is 489 g/mol. The van der Waals surface area contributed by atoms with E-state index in [9.17, 15) is 9.59 Å². The van der Waals surface area contributed by atoms with Crippen molar-refractivity contribution in [3.05, 3.63) is 77.4 Å². The molecule has 4 aromatic rings. The third kappa shape index (κ3) is 5.36. The number of benzene rings is 2. The van der Waals surface area contributed by atoms with Crippen LogP contribution < -0.4 is 10.6 Å². The molecule has 8 nitrogen and oxygen atoms in total. The van der Waals surface area contributed by atoms with E-state index < -0.39 is 0 Å². The predicted molar refractivity (Wildman–Crippen MR) is 140 cm³/mol. The molecule has 0 spiro atoms. The van der Waals surface area contributed by atoms with Gasteiger partial charge in [0.1, 0.15) is 6.54 Å². The fourth-order valence-electron chi connectivity index (χ4n) is 4.39. The van der Waals surface area contributed by atoms with Crippen LogP contribution in [0.1, 0.15) is 16.1 Å². The predicted octanol–water partition coefficient (Wildman–Crippen LogP) is 3.24. The molecule has 2 amide bonds. The van der Waals surface area contributed by atoms with Crippen molar-refractivity contribution in [2.24, 2.45) is 0 Å². The number of rotatable bonds is 7. The molecule has 0 saturated carbocycles. The molecule has 1 aliphatic heterocycles. The molecule has 0 aliphatic carbocycles. The summed E-state index contributed by atoms with van der Waals surface area (Å²) in [6, 6.07) is 16.9. The standard InChI is InChI=1S/C26H28N6O2S/c27-26-29-21(18-35-26)9-11-30-12-14-31(15-13-30)24(33)17-32(22-4-2-1-3-5-22)25(34)20-7-6-19-8-10-28-23(19)16-20/h1-8,10,16,18,28H,9,11-15,17H2,(H2,27,29). The summed E-state index contributed by atoms with van der Waals surface area (Å²) in [6.45, 7) is 3.78. The molecule has 3 heterocycles. The molecule has 3 N–H and O–H groups in total. The molecule has 0 atom stereocenters. The molecule has 0 unspecified atom stereocenters. The summed E-state index contributed by atoms with van der Waals surface area (Å²) in [7, 11) is 0. The Balaban J connectivity index is 1.24.